The van der Waals surface area contributed by atoms with Crippen LogP contribution in [0, 0.1) is 5.92 Å². The van der Waals surface area contributed by atoms with Gasteiger partial charge in [-0.1, -0.05) is 37.3 Å². The van der Waals surface area contributed by atoms with Crippen LogP contribution < -0.4 is 0 Å². The van der Waals surface area contributed by atoms with Crippen molar-refractivity contribution in [3.63, 3.8) is 0 Å². The Kier molecular flexibility index (Phi) is 4.99. The van der Waals surface area contributed by atoms with E-state index in [0.717, 1.165) is 43.1 Å². The number of urea groups is 1. The molecule has 0 unspecified atom stereocenters. The van der Waals surface area contributed by atoms with Gasteiger partial charge in [-0.15, -0.1) is 10.2 Å². The van der Waals surface area contributed by atoms with Crippen LogP contribution in [-0.4, -0.2) is 38.8 Å². The fourth-order valence-corrected chi connectivity index (χ4v) is 4.83. The molecule has 3 fully saturated rings. The highest BCUT2D eigenvalue weighted by Gasteiger charge is 2.47. The molecule has 0 N–H and O–H groups in total. The lowest BCUT2D eigenvalue weighted by molar-refractivity contribution is -0.140. The number of hydroxylamine groups is 2. The van der Waals surface area contributed by atoms with Crippen LogP contribution in [0.1, 0.15) is 74.8 Å². The standard InChI is InChI=1S/C22H28N4O3/c1-15-7-9-17(10-8-15)20-23-24-21(29-20)19-12-11-18-13-25(19)22(27)26(18)28-14-16-5-3-2-4-6-16/h2-6,15,17-19H,7-14H2,1H3/t15?,17?,18-,19+/m1/s1. The molecule has 3 aliphatic rings. The normalized spacial score (nSPS) is 29.5. The van der Waals surface area contributed by atoms with Crippen molar-refractivity contribution in [3.05, 3.63) is 47.7 Å². The molecule has 2 amide bonds. The largest absolute Gasteiger partial charge is 0.423 e. The Morgan fingerprint density at radius 2 is 1.79 bits per heavy atom. The third kappa shape index (κ3) is 3.64. The van der Waals surface area contributed by atoms with E-state index >= 15 is 0 Å². The molecule has 2 atom stereocenters. The van der Waals surface area contributed by atoms with Crippen LogP contribution in [0.2, 0.25) is 0 Å². The van der Waals surface area contributed by atoms with E-state index < -0.39 is 0 Å². The van der Waals surface area contributed by atoms with E-state index in [0.29, 0.717) is 25.0 Å². The minimum Gasteiger partial charge on any atom is -0.423 e. The third-order valence-electron chi connectivity index (χ3n) is 6.64. The van der Waals surface area contributed by atoms with Gasteiger partial charge in [0.25, 0.3) is 0 Å². The molecule has 7 nitrogen and oxygen atoms in total. The molecule has 2 saturated heterocycles. The number of fused-ring (bicyclic) bond motifs is 2. The van der Waals surface area contributed by atoms with Gasteiger partial charge in [0.1, 0.15) is 12.6 Å². The van der Waals surface area contributed by atoms with Gasteiger partial charge < -0.3 is 9.32 Å². The molecule has 2 bridgehead atoms. The summed E-state index contributed by atoms with van der Waals surface area (Å²) in [5.74, 6) is 2.48. The number of nitrogens with zero attached hydrogens (tertiary/aromatic N) is 4. The summed E-state index contributed by atoms with van der Waals surface area (Å²) in [6.45, 7) is 3.35. The first kappa shape index (κ1) is 18.6. The molecule has 154 valence electrons. The molecule has 3 heterocycles. The summed E-state index contributed by atoms with van der Waals surface area (Å²) in [7, 11) is 0. The maximum Gasteiger partial charge on any atom is 0.345 e. The molecule has 1 saturated carbocycles. The smallest absolute Gasteiger partial charge is 0.345 e. The molecule has 29 heavy (non-hydrogen) atoms. The lowest BCUT2D eigenvalue weighted by Crippen LogP contribution is -2.34. The molecule has 2 aromatic rings. The van der Waals surface area contributed by atoms with Crippen LogP contribution >= 0.6 is 0 Å². The number of piperidine rings is 1. The zero-order valence-corrected chi connectivity index (χ0v) is 16.9. The number of rotatable bonds is 5. The highest BCUT2D eigenvalue weighted by molar-refractivity contribution is 5.77. The van der Waals surface area contributed by atoms with E-state index in [4.69, 9.17) is 9.25 Å². The molecule has 7 heteroatoms. The van der Waals surface area contributed by atoms with Crippen LogP contribution in [0.25, 0.3) is 0 Å². The van der Waals surface area contributed by atoms with E-state index in [1.807, 2.05) is 35.2 Å². The van der Waals surface area contributed by atoms with Gasteiger partial charge in [0.2, 0.25) is 11.8 Å². The lowest BCUT2D eigenvalue weighted by Gasteiger charge is -2.27. The van der Waals surface area contributed by atoms with Crippen molar-refractivity contribution in [3.8, 4) is 0 Å². The zero-order valence-electron chi connectivity index (χ0n) is 16.9. The van der Waals surface area contributed by atoms with Gasteiger partial charge in [-0.3, -0.25) is 4.84 Å². The Morgan fingerprint density at radius 3 is 2.59 bits per heavy atom. The van der Waals surface area contributed by atoms with Gasteiger partial charge in [-0.25, -0.2) is 4.79 Å². The van der Waals surface area contributed by atoms with E-state index in [1.54, 1.807) is 5.06 Å². The van der Waals surface area contributed by atoms with Gasteiger partial charge in [-0.05, 0) is 50.0 Å². The monoisotopic (exact) mass is 396 g/mol. The number of amides is 2. The average molecular weight is 396 g/mol. The quantitative estimate of drug-likeness (QED) is 0.747. The molecule has 0 radical (unpaired) electrons. The number of hydrogen-bond acceptors (Lipinski definition) is 5. The van der Waals surface area contributed by atoms with Crippen molar-refractivity contribution in [2.75, 3.05) is 6.54 Å². The summed E-state index contributed by atoms with van der Waals surface area (Å²) in [4.78, 5) is 20.7. The highest BCUT2D eigenvalue weighted by Crippen LogP contribution is 2.40. The molecule has 1 aromatic heterocycles. The molecular formula is C22H28N4O3. The minimum atomic E-state index is -0.146. The Balaban J connectivity index is 1.25. The molecular weight excluding hydrogens is 368 g/mol. The maximum absolute atomic E-state index is 13.0. The van der Waals surface area contributed by atoms with Crippen LogP contribution in [0.15, 0.2) is 34.7 Å². The van der Waals surface area contributed by atoms with Crippen molar-refractivity contribution >= 4 is 6.03 Å². The van der Waals surface area contributed by atoms with Crippen molar-refractivity contribution in [2.24, 2.45) is 5.92 Å². The Bertz CT molecular complexity index is 847. The molecule has 1 aromatic carbocycles. The number of carbonyl (C=O) groups is 1. The van der Waals surface area contributed by atoms with Crippen molar-refractivity contribution in [2.45, 2.75) is 70.1 Å². The van der Waals surface area contributed by atoms with Crippen molar-refractivity contribution in [1.29, 1.82) is 0 Å². The second kappa shape index (κ2) is 7.78. The number of hydrogen-bond donors (Lipinski definition) is 0. The van der Waals surface area contributed by atoms with Gasteiger partial charge in [0, 0.05) is 12.5 Å². The van der Waals surface area contributed by atoms with Gasteiger partial charge in [0.05, 0.1) is 6.04 Å². The fourth-order valence-electron chi connectivity index (χ4n) is 4.83. The number of aromatic nitrogens is 2. The van der Waals surface area contributed by atoms with Crippen LogP contribution in [0.3, 0.4) is 0 Å². The zero-order chi connectivity index (χ0) is 19.8. The summed E-state index contributed by atoms with van der Waals surface area (Å²) in [5.41, 5.74) is 1.05. The summed E-state index contributed by atoms with van der Waals surface area (Å²) in [5, 5.41) is 10.2. The van der Waals surface area contributed by atoms with E-state index in [1.165, 1.54) is 12.8 Å². The van der Waals surface area contributed by atoms with Crippen LogP contribution in [0.5, 0.6) is 0 Å². The summed E-state index contributed by atoms with van der Waals surface area (Å²) in [6, 6.07) is 9.77. The van der Waals surface area contributed by atoms with Crippen LogP contribution in [-0.2, 0) is 11.4 Å². The average Bonchev–Trinajstić information content (AvgIpc) is 3.33. The first-order chi connectivity index (χ1) is 14.2. The second-order valence-electron chi connectivity index (χ2n) is 8.70. The summed E-state index contributed by atoms with van der Waals surface area (Å²) >= 11 is 0. The van der Waals surface area contributed by atoms with Crippen molar-refractivity contribution < 1.29 is 14.0 Å². The molecule has 2 aliphatic heterocycles. The Hall–Kier alpha value is -2.41. The first-order valence-electron chi connectivity index (χ1n) is 10.8. The Morgan fingerprint density at radius 1 is 1.03 bits per heavy atom. The van der Waals surface area contributed by atoms with E-state index in [2.05, 4.69) is 17.1 Å². The topological polar surface area (TPSA) is 71.7 Å². The predicted octanol–water partition coefficient (Wildman–Crippen LogP) is 4.44. The highest BCUT2D eigenvalue weighted by atomic mass is 16.7. The minimum absolute atomic E-state index is 0.0877. The lowest BCUT2D eigenvalue weighted by atomic mass is 9.83. The maximum atomic E-state index is 13.0. The second-order valence-corrected chi connectivity index (χ2v) is 8.70. The third-order valence-corrected chi connectivity index (χ3v) is 6.64. The summed E-state index contributed by atoms with van der Waals surface area (Å²) in [6.07, 6.45) is 6.35. The molecule has 5 rings (SSSR count). The molecule has 0 spiro atoms. The van der Waals surface area contributed by atoms with Gasteiger partial charge in [0.15, 0.2) is 0 Å². The van der Waals surface area contributed by atoms with Gasteiger partial charge >= 0.3 is 6.03 Å². The van der Waals surface area contributed by atoms with E-state index in [-0.39, 0.29) is 18.1 Å². The van der Waals surface area contributed by atoms with E-state index in [9.17, 15) is 4.79 Å². The fraction of sp³-hybridized carbons (Fsp3) is 0.591. The van der Waals surface area contributed by atoms with Gasteiger partial charge in [-0.2, -0.15) is 5.06 Å². The Labute approximate surface area is 171 Å². The summed E-state index contributed by atoms with van der Waals surface area (Å²) < 4.78 is 6.09. The van der Waals surface area contributed by atoms with Crippen LogP contribution in [0.4, 0.5) is 4.79 Å². The number of carbonyl (C=O) groups excluding carboxylic acids is 1. The van der Waals surface area contributed by atoms with Crippen molar-refractivity contribution in [1.82, 2.24) is 20.2 Å². The first-order valence-corrected chi connectivity index (χ1v) is 10.8. The molecule has 1 aliphatic carbocycles. The number of benzene rings is 1. The SMILES string of the molecule is CC1CCC(c2nnc([C@@H]3CC[C@@H]4CN3C(=O)N4OCc3ccccc3)o2)CC1. The predicted molar refractivity (Wildman–Crippen MR) is 106 cm³/mol.